The lowest BCUT2D eigenvalue weighted by molar-refractivity contribution is -0.132. The number of aliphatic hydroxyl groups is 1. The SMILES string of the molecule is C=CC(=O)NC=C(CCCCO)C(=O)O. The van der Waals surface area contributed by atoms with Crippen molar-refractivity contribution in [2.75, 3.05) is 6.61 Å². The van der Waals surface area contributed by atoms with Gasteiger partial charge in [-0.05, 0) is 25.3 Å². The number of hydrogen-bond donors (Lipinski definition) is 3. The van der Waals surface area contributed by atoms with Gasteiger partial charge in [-0.25, -0.2) is 4.79 Å². The van der Waals surface area contributed by atoms with Gasteiger partial charge in [0.15, 0.2) is 0 Å². The molecule has 0 bridgehead atoms. The van der Waals surface area contributed by atoms with Crippen molar-refractivity contribution in [2.24, 2.45) is 0 Å². The van der Waals surface area contributed by atoms with Crippen LogP contribution in [0.3, 0.4) is 0 Å². The van der Waals surface area contributed by atoms with E-state index >= 15 is 0 Å². The molecule has 0 fully saturated rings. The number of aliphatic hydroxyl groups excluding tert-OH is 1. The molecule has 0 aliphatic rings. The maximum absolute atomic E-state index is 10.8. The second kappa shape index (κ2) is 7.75. The smallest absolute Gasteiger partial charge is 0.333 e. The van der Waals surface area contributed by atoms with Crippen molar-refractivity contribution in [3.8, 4) is 0 Å². The predicted octanol–water partition coefficient (Wildman–Crippen LogP) is 0.420. The Kier molecular flexibility index (Phi) is 6.92. The van der Waals surface area contributed by atoms with E-state index in [9.17, 15) is 9.59 Å². The molecule has 0 atom stereocenters. The Morgan fingerprint density at radius 2 is 2.00 bits per heavy atom. The number of unbranched alkanes of at least 4 members (excludes halogenated alkanes) is 1. The van der Waals surface area contributed by atoms with Crippen molar-refractivity contribution < 1.29 is 19.8 Å². The zero-order valence-corrected chi connectivity index (χ0v) is 8.40. The van der Waals surface area contributed by atoms with E-state index < -0.39 is 11.9 Å². The van der Waals surface area contributed by atoms with E-state index in [-0.39, 0.29) is 12.2 Å². The fourth-order valence-corrected chi connectivity index (χ4v) is 0.885. The highest BCUT2D eigenvalue weighted by Crippen LogP contribution is 2.06. The molecular weight excluding hydrogens is 198 g/mol. The fourth-order valence-electron chi connectivity index (χ4n) is 0.885. The van der Waals surface area contributed by atoms with E-state index in [2.05, 4.69) is 11.9 Å². The molecule has 84 valence electrons. The van der Waals surface area contributed by atoms with Crippen molar-refractivity contribution in [2.45, 2.75) is 19.3 Å². The number of carbonyl (C=O) groups excluding carboxylic acids is 1. The number of hydrogen-bond acceptors (Lipinski definition) is 3. The molecule has 0 saturated heterocycles. The second-order valence-corrected chi connectivity index (χ2v) is 2.87. The first kappa shape index (κ1) is 13.4. The number of carboxylic acid groups (broad SMARTS) is 1. The first-order valence-corrected chi connectivity index (χ1v) is 4.58. The number of carboxylic acids is 1. The monoisotopic (exact) mass is 213 g/mol. The van der Waals surface area contributed by atoms with Crippen LogP contribution < -0.4 is 5.32 Å². The molecule has 0 aromatic heterocycles. The first-order chi connectivity index (χ1) is 7.11. The second-order valence-electron chi connectivity index (χ2n) is 2.87. The van der Waals surface area contributed by atoms with Gasteiger partial charge < -0.3 is 15.5 Å². The zero-order chi connectivity index (χ0) is 11.7. The molecule has 0 radical (unpaired) electrons. The maximum Gasteiger partial charge on any atom is 0.333 e. The third-order valence-electron chi connectivity index (χ3n) is 1.70. The average Bonchev–Trinajstić information content (AvgIpc) is 2.22. The minimum atomic E-state index is -1.07. The number of nitrogens with one attached hydrogen (secondary N) is 1. The summed E-state index contributed by atoms with van der Waals surface area (Å²) in [6.45, 7) is 3.27. The van der Waals surface area contributed by atoms with Crippen LogP contribution in [0.25, 0.3) is 0 Å². The highest BCUT2D eigenvalue weighted by atomic mass is 16.4. The van der Waals surface area contributed by atoms with Crippen LogP contribution in [0, 0.1) is 0 Å². The van der Waals surface area contributed by atoms with Crippen LogP contribution in [-0.4, -0.2) is 28.7 Å². The molecule has 15 heavy (non-hydrogen) atoms. The fraction of sp³-hybridized carbons (Fsp3) is 0.400. The minimum Gasteiger partial charge on any atom is -0.478 e. The summed E-state index contributed by atoms with van der Waals surface area (Å²) >= 11 is 0. The standard InChI is InChI=1S/C10H15NO4/c1-2-9(13)11-7-8(10(14)15)5-3-4-6-12/h2,7,12H,1,3-6H2,(H,11,13)(H,14,15). The lowest BCUT2D eigenvalue weighted by atomic mass is 10.1. The van der Waals surface area contributed by atoms with E-state index in [1.807, 2.05) is 0 Å². The van der Waals surface area contributed by atoms with Gasteiger partial charge in [-0.2, -0.15) is 0 Å². The summed E-state index contributed by atoms with van der Waals surface area (Å²) < 4.78 is 0. The van der Waals surface area contributed by atoms with Crippen LogP contribution in [0.5, 0.6) is 0 Å². The molecule has 0 saturated carbocycles. The van der Waals surface area contributed by atoms with E-state index in [1.54, 1.807) is 0 Å². The number of aliphatic carboxylic acids is 1. The highest BCUT2D eigenvalue weighted by Gasteiger charge is 2.06. The Balaban J connectivity index is 4.19. The molecule has 0 aromatic rings. The Bertz CT molecular complexity index is 271. The Labute approximate surface area is 88.1 Å². The lowest BCUT2D eigenvalue weighted by Crippen LogP contribution is -2.16. The number of rotatable bonds is 7. The Morgan fingerprint density at radius 1 is 1.33 bits per heavy atom. The predicted molar refractivity (Wildman–Crippen MR) is 55.0 cm³/mol. The Morgan fingerprint density at radius 3 is 2.47 bits per heavy atom. The maximum atomic E-state index is 10.8. The van der Waals surface area contributed by atoms with Crippen LogP contribution in [-0.2, 0) is 9.59 Å². The van der Waals surface area contributed by atoms with Gasteiger partial charge in [0.05, 0.1) is 5.57 Å². The number of carbonyl (C=O) groups is 2. The molecule has 0 aromatic carbocycles. The zero-order valence-electron chi connectivity index (χ0n) is 8.40. The molecule has 3 N–H and O–H groups in total. The molecule has 0 heterocycles. The van der Waals surface area contributed by atoms with Crippen LogP contribution in [0.15, 0.2) is 24.4 Å². The summed E-state index contributed by atoms with van der Waals surface area (Å²) in [5.74, 6) is -1.52. The molecule has 0 rings (SSSR count). The van der Waals surface area contributed by atoms with Crippen LogP contribution in [0.1, 0.15) is 19.3 Å². The highest BCUT2D eigenvalue weighted by molar-refractivity contribution is 5.90. The van der Waals surface area contributed by atoms with Gasteiger partial charge >= 0.3 is 5.97 Å². The van der Waals surface area contributed by atoms with Gasteiger partial charge in [0.25, 0.3) is 0 Å². The molecule has 0 unspecified atom stereocenters. The van der Waals surface area contributed by atoms with Crippen molar-refractivity contribution in [1.82, 2.24) is 5.32 Å². The van der Waals surface area contributed by atoms with Crippen LogP contribution >= 0.6 is 0 Å². The van der Waals surface area contributed by atoms with Gasteiger partial charge in [-0.1, -0.05) is 6.58 Å². The normalized spacial score (nSPS) is 10.9. The molecule has 1 amide bonds. The van der Waals surface area contributed by atoms with Crippen molar-refractivity contribution in [3.05, 3.63) is 24.4 Å². The van der Waals surface area contributed by atoms with Gasteiger partial charge in [-0.3, -0.25) is 4.79 Å². The van der Waals surface area contributed by atoms with E-state index in [1.165, 1.54) is 0 Å². The Hall–Kier alpha value is -1.62. The van der Waals surface area contributed by atoms with Gasteiger partial charge in [0.1, 0.15) is 0 Å². The molecule has 0 aliphatic carbocycles. The molecule has 5 nitrogen and oxygen atoms in total. The van der Waals surface area contributed by atoms with Gasteiger partial charge in [0.2, 0.25) is 5.91 Å². The molecule has 0 aliphatic heterocycles. The van der Waals surface area contributed by atoms with Crippen molar-refractivity contribution >= 4 is 11.9 Å². The van der Waals surface area contributed by atoms with E-state index in [0.717, 1.165) is 12.3 Å². The van der Waals surface area contributed by atoms with Crippen molar-refractivity contribution in [1.29, 1.82) is 0 Å². The largest absolute Gasteiger partial charge is 0.478 e. The molecular formula is C10H15NO4. The third kappa shape index (κ3) is 6.45. The topological polar surface area (TPSA) is 86.6 Å². The van der Waals surface area contributed by atoms with E-state index in [4.69, 9.17) is 10.2 Å². The lowest BCUT2D eigenvalue weighted by Gasteiger charge is -2.01. The molecule has 5 heteroatoms. The third-order valence-corrected chi connectivity index (χ3v) is 1.70. The van der Waals surface area contributed by atoms with E-state index in [0.29, 0.717) is 19.3 Å². The summed E-state index contributed by atoms with van der Waals surface area (Å²) in [6.07, 6.45) is 3.64. The summed E-state index contributed by atoms with van der Waals surface area (Å²) in [5, 5.41) is 19.6. The quantitative estimate of drug-likeness (QED) is 0.422. The summed E-state index contributed by atoms with van der Waals surface area (Å²) in [5.41, 5.74) is 0.110. The van der Waals surface area contributed by atoms with Crippen LogP contribution in [0.2, 0.25) is 0 Å². The number of amides is 1. The summed E-state index contributed by atoms with van der Waals surface area (Å²) in [6, 6.07) is 0. The van der Waals surface area contributed by atoms with Crippen LogP contribution in [0.4, 0.5) is 0 Å². The van der Waals surface area contributed by atoms with Gasteiger partial charge in [0, 0.05) is 12.8 Å². The summed E-state index contributed by atoms with van der Waals surface area (Å²) in [4.78, 5) is 21.4. The minimum absolute atomic E-state index is 0.0336. The van der Waals surface area contributed by atoms with Gasteiger partial charge in [-0.15, -0.1) is 0 Å². The molecule has 0 spiro atoms. The summed E-state index contributed by atoms with van der Waals surface area (Å²) in [7, 11) is 0. The first-order valence-electron chi connectivity index (χ1n) is 4.58. The average molecular weight is 213 g/mol. The van der Waals surface area contributed by atoms with Crippen molar-refractivity contribution in [3.63, 3.8) is 0 Å².